The first-order valence-corrected chi connectivity index (χ1v) is 8.34. The number of hydrogen-bond acceptors (Lipinski definition) is 6. The van der Waals surface area contributed by atoms with Gasteiger partial charge in [0, 0.05) is 5.75 Å². The van der Waals surface area contributed by atoms with Gasteiger partial charge in [0.05, 0.1) is 10.5 Å². The molecular weight excluding hydrogens is 248 g/mol. The van der Waals surface area contributed by atoms with Crippen LogP contribution in [0.5, 0.6) is 0 Å². The number of sulfone groups is 1. The summed E-state index contributed by atoms with van der Waals surface area (Å²) in [5.41, 5.74) is 0. The van der Waals surface area contributed by atoms with Gasteiger partial charge in [-0.2, -0.15) is 0 Å². The summed E-state index contributed by atoms with van der Waals surface area (Å²) in [6.45, 7) is 4.58. The van der Waals surface area contributed by atoms with Crippen LogP contribution in [0.4, 0.5) is 0 Å². The van der Waals surface area contributed by atoms with E-state index < -0.39 is 23.7 Å². The highest BCUT2D eigenvalue weighted by atomic mass is 33.1. The Kier molecular flexibility index (Phi) is 4.44. The van der Waals surface area contributed by atoms with Crippen molar-refractivity contribution in [1.82, 2.24) is 0 Å². The molecule has 0 bridgehead atoms. The van der Waals surface area contributed by atoms with Crippen LogP contribution in [-0.2, 0) is 19.0 Å². The monoisotopic (exact) mass is 261 g/mol. The Labute approximate surface area is 88.3 Å². The molecule has 0 aromatic heterocycles. The van der Waals surface area contributed by atoms with E-state index in [1.807, 2.05) is 0 Å². The van der Waals surface area contributed by atoms with Gasteiger partial charge in [-0.3, -0.25) is 0 Å². The van der Waals surface area contributed by atoms with Crippen molar-refractivity contribution in [2.24, 2.45) is 0 Å². The summed E-state index contributed by atoms with van der Waals surface area (Å²) in [5, 5.41) is 0. The zero-order valence-electron chi connectivity index (χ0n) is 8.18. The third kappa shape index (κ3) is 5.18. The average Bonchev–Trinajstić information content (AvgIpc) is 1.80. The Bertz CT molecular complexity index is 372. The highest BCUT2D eigenvalue weighted by Gasteiger charge is 2.28. The fourth-order valence-electron chi connectivity index (χ4n) is 0.552. The number of rotatable bonds is 4. The van der Waals surface area contributed by atoms with E-state index >= 15 is 0 Å². The maximum absolute atomic E-state index is 11.4. The molecule has 0 rings (SSSR count). The first kappa shape index (κ1) is 14.2. The van der Waals surface area contributed by atoms with Crippen molar-refractivity contribution in [1.29, 1.82) is 0 Å². The van der Waals surface area contributed by atoms with E-state index in [9.17, 15) is 21.4 Å². The molecule has 14 heavy (non-hydrogen) atoms. The molecule has 0 unspecified atom stereocenters. The lowest BCUT2D eigenvalue weighted by molar-refractivity contribution is 0.482. The molecule has 0 amide bonds. The summed E-state index contributed by atoms with van der Waals surface area (Å²) in [6.07, 6.45) is 0. The molecule has 0 spiro atoms. The Hall–Kier alpha value is 0.210. The van der Waals surface area contributed by atoms with Crippen molar-refractivity contribution in [3.05, 3.63) is 0 Å². The lowest BCUT2D eigenvalue weighted by Gasteiger charge is -2.18. The Morgan fingerprint density at radius 2 is 1.57 bits per heavy atom. The molecule has 0 aromatic carbocycles. The molecule has 8 heteroatoms. The molecular formula is C6H13O5S3-. The van der Waals surface area contributed by atoms with Crippen molar-refractivity contribution >= 4 is 29.8 Å². The standard InChI is InChI=1S/C6H14O5S3/c1-6(2,3)13(7,8)5-4-12-14(9,10)11/h4-5H2,1-3H3,(H,9,10,11)/p-1. The summed E-state index contributed by atoms with van der Waals surface area (Å²) in [4.78, 5) is 0. The van der Waals surface area contributed by atoms with Crippen molar-refractivity contribution in [3.8, 4) is 0 Å². The summed E-state index contributed by atoms with van der Waals surface area (Å²) in [6, 6.07) is 0. The molecule has 86 valence electrons. The van der Waals surface area contributed by atoms with Gasteiger partial charge in [0.15, 0.2) is 9.84 Å². The van der Waals surface area contributed by atoms with Gasteiger partial charge in [0.2, 0.25) is 0 Å². The molecule has 0 heterocycles. The van der Waals surface area contributed by atoms with Crippen LogP contribution in [0.3, 0.4) is 0 Å². The molecule has 0 aliphatic heterocycles. The van der Waals surface area contributed by atoms with Gasteiger partial charge in [-0.15, -0.1) is 0 Å². The van der Waals surface area contributed by atoms with E-state index in [-0.39, 0.29) is 22.3 Å². The highest BCUT2D eigenvalue weighted by molar-refractivity contribution is 8.69. The van der Waals surface area contributed by atoms with E-state index in [1.165, 1.54) is 20.8 Å². The van der Waals surface area contributed by atoms with Crippen LogP contribution in [0.15, 0.2) is 0 Å². The van der Waals surface area contributed by atoms with Gasteiger partial charge in [-0.1, -0.05) is 0 Å². The quantitative estimate of drug-likeness (QED) is 0.537. The summed E-state index contributed by atoms with van der Waals surface area (Å²) in [5.74, 6) is -0.520. The fraction of sp³-hybridized carbons (Fsp3) is 1.00. The largest absolute Gasteiger partial charge is 0.739 e. The fourth-order valence-corrected chi connectivity index (χ4v) is 3.74. The topological polar surface area (TPSA) is 91.3 Å². The van der Waals surface area contributed by atoms with Crippen LogP contribution in [0.1, 0.15) is 20.8 Å². The minimum atomic E-state index is -4.39. The molecule has 0 aliphatic carbocycles. The summed E-state index contributed by atoms with van der Waals surface area (Å²) < 4.78 is 52.5. The first-order chi connectivity index (χ1) is 5.96. The second-order valence-electron chi connectivity index (χ2n) is 3.66. The van der Waals surface area contributed by atoms with Crippen LogP contribution in [0.2, 0.25) is 0 Å². The summed E-state index contributed by atoms with van der Waals surface area (Å²) in [7, 11) is -7.62. The maximum Gasteiger partial charge on any atom is 0.156 e. The van der Waals surface area contributed by atoms with E-state index in [0.717, 1.165) is 0 Å². The van der Waals surface area contributed by atoms with Crippen LogP contribution in [0.25, 0.3) is 0 Å². The van der Waals surface area contributed by atoms with Crippen LogP contribution >= 0.6 is 10.8 Å². The Morgan fingerprint density at radius 1 is 1.14 bits per heavy atom. The zero-order valence-corrected chi connectivity index (χ0v) is 10.6. The normalized spacial score (nSPS) is 14.3. The average molecular weight is 261 g/mol. The molecule has 0 aromatic rings. The molecule has 0 saturated carbocycles. The van der Waals surface area contributed by atoms with Gasteiger partial charge < -0.3 is 4.55 Å². The molecule has 0 fully saturated rings. The van der Waals surface area contributed by atoms with Gasteiger partial charge in [0.25, 0.3) is 0 Å². The van der Waals surface area contributed by atoms with Crippen LogP contribution in [-0.4, -0.2) is 37.6 Å². The van der Waals surface area contributed by atoms with Gasteiger partial charge in [-0.05, 0) is 31.6 Å². The van der Waals surface area contributed by atoms with E-state index in [2.05, 4.69) is 0 Å². The minimum Gasteiger partial charge on any atom is -0.739 e. The second kappa shape index (κ2) is 4.38. The molecule has 0 radical (unpaired) electrons. The first-order valence-electron chi connectivity index (χ1n) is 3.78. The molecule has 0 aliphatic rings. The Morgan fingerprint density at radius 3 is 1.86 bits per heavy atom. The van der Waals surface area contributed by atoms with Gasteiger partial charge in [-0.25, -0.2) is 16.8 Å². The van der Waals surface area contributed by atoms with E-state index in [4.69, 9.17) is 0 Å². The predicted molar refractivity (Wildman–Crippen MR) is 55.7 cm³/mol. The zero-order chi connectivity index (χ0) is 11.6. The third-order valence-corrected chi connectivity index (χ3v) is 6.40. The lowest BCUT2D eigenvalue weighted by Crippen LogP contribution is -2.31. The van der Waals surface area contributed by atoms with Crippen molar-refractivity contribution < 1.29 is 21.4 Å². The van der Waals surface area contributed by atoms with Crippen molar-refractivity contribution in [3.63, 3.8) is 0 Å². The highest BCUT2D eigenvalue weighted by Crippen LogP contribution is 2.18. The number of hydrogen-bond donors (Lipinski definition) is 0. The Balaban J connectivity index is 4.31. The molecule has 0 N–H and O–H groups in total. The van der Waals surface area contributed by atoms with Crippen LogP contribution < -0.4 is 0 Å². The summed E-state index contributed by atoms with van der Waals surface area (Å²) >= 11 is 0. The van der Waals surface area contributed by atoms with Gasteiger partial charge >= 0.3 is 0 Å². The smallest absolute Gasteiger partial charge is 0.156 e. The SMILES string of the molecule is CC(C)(C)S(=O)(=O)CCSS(=O)(=O)[O-]. The molecule has 0 atom stereocenters. The van der Waals surface area contributed by atoms with E-state index in [0.29, 0.717) is 0 Å². The molecule has 5 nitrogen and oxygen atoms in total. The third-order valence-electron chi connectivity index (χ3n) is 1.51. The maximum atomic E-state index is 11.4. The predicted octanol–water partition coefficient (Wildman–Crippen LogP) is 0.393. The lowest BCUT2D eigenvalue weighted by atomic mass is 10.3. The van der Waals surface area contributed by atoms with Crippen LogP contribution in [0, 0.1) is 0 Å². The molecule has 0 saturated heterocycles. The van der Waals surface area contributed by atoms with E-state index in [1.54, 1.807) is 0 Å². The minimum absolute atomic E-state index is 0.114. The van der Waals surface area contributed by atoms with Crippen molar-refractivity contribution in [2.45, 2.75) is 25.5 Å². The van der Waals surface area contributed by atoms with Crippen molar-refractivity contribution in [2.75, 3.05) is 11.5 Å². The second-order valence-corrected chi connectivity index (χ2v) is 9.92. The van der Waals surface area contributed by atoms with Gasteiger partial charge in [0.1, 0.15) is 9.15 Å².